The fraction of sp³-hybridized carbons (Fsp3) is 0.182. The Hall–Kier alpha value is -3.44. The highest BCUT2D eigenvalue weighted by atomic mass is 32.2. The van der Waals surface area contributed by atoms with E-state index in [4.69, 9.17) is 4.74 Å². The van der Waals surface area contributed by atoms with Gasteiger partial charge in [-0.3, -0.25) is 0 Å². The van der Waals surface area contributed by atoms with Gasteiger partial charge in [-0.05, 0) is 48.5 Å². The maximum absolute atomic E-state index is 12.8. The van der Waals surface area contributed by atoms with Gasteiger partial charge in [0.05, 0.1) is 9.79 Å². The SMILES string of the molecule is CCc1nccn1S(=O)(=O)c1ccc(Oc2ccc(S(=O)(=O)n3ccnc3CC)cc2)cc1. The average molecular weight is 487 g/mol. The number of rotatable bonds is 8. The van der Waals surface area contributed by atoms with Crippen LogP contribution in [0, 0.1) is 0 Å². The number of hydrogen-bond acceptors (Lipinski definition) is 7. The quantitative estimate of drug-likeness (QED) is 0.375. The van der Waals surface area contributed by atoms with Crippen molar-refractivity contribution in [3.05, 3.63) is 85.0 Å². The average Bonchev–Trinajstić information content (AvgIpc) is 3.50. The lowest BCUT2D eigenvalue weighted by Gasteiger charge is -2.11. The summed E-state index contributed by atoms with van der Waals surface area (Å²) in [6, 6.07) is 12.0. The van der Waals surface area contributed by atoms with Crippen LogP contribution in [0.5, 0.6) is 11.5 Å². The zero-order valence-corrected chi connectivity index (χ0v) is 19.6. The van der Waals surface area contributed by atoms with Crippen molar-refractivity contribution < 1.29 is 21.6 Å². The maximum atomic E-state index is 12.8. The minimum Gasteiger partial charge on any atom is -0.457 e. The van der Waals surface area contributed by atoms with E-state index in [0.717, 1.165) is 7.94 Å². The molecule has 0 radical (unpaired) electrons. The molecule has 2 aromatic carbocycles. The van der Waals surface area contributed by atoms with E-state index in [-0.39, 0.29) is 9.79 Å². The Labute approximate surface area is 192 Å². The van der Waals surface area contributed by atoms with Gasteiger partial charge >= 0.3 is 0 Å². The molecule has 0 amide bonds. The van der Waals surface area contributed by atoms with Crippen LogP contribution in [-0.4, -0.2) is 34.7 Å². The monoisotopic (exact) mass is 486 g/mol. The molecule has 0 unspecified atom stereocenters. The summed E-state index contributed by atoms with van der Waals surface area (Å²) in [5.74, 6) is 1.72. The molecule has 4 rings (SSSR count). The Bertz CT molecular complexity index is 1360. The molecule has 0 fully saturated rings. The van der Waals surface area contributed by atoms with Crippen LogP contribution in [0.3, 0.4) is 0 Å². The molecule has 0 aliphatic rings. The van der Waals surface area contributed by atoms with Crippen LogP contribution in [0.1, 0.15) is 25.5 Å². The second kappa shape index (κ2) is 8.83. The lowest BCUT2D eigenvalue weighted by atomic mass is 10.3. The van der Waals surface area contributed by atoms with E-state index in [2.05, 4.69) is 9.97 Å². The summed E-state index contributed by atoms with van der Waals surface area (Å²) in [7, 11) is -7.51. The first-order valence-electron chi connectivity index (χ1n) is 10.2. The van der Waals surface area contributed by atoms with Gasteiger partial charge < -0.3 is 4.74 Å². The molecule has 33 heavy (non-hydrogen) atoms. The second-order valence-electron chi connectivity index (χ2n) is 7.04. The zero-order valence-electron chi connectivity index (χ0n) is 18.0. The molecule has 2 heterocycles. The minimum absolute atomic E-state index is 0.107. The molecule has 0 bridgehead atoms. The molecule has 0 atom stereocenters. The zero-order chi connectivity index (χ0) is 23.6. The van der Waals surface area contributed by atoms with Gasteiger partial charge in [-0.15, -0.1) is 0 Å². The number of ether oxygens (including phenoxy) is 1. The summed E-state index contributed by atoms with van der Waals surface area (Å²) in [6.07, 6.45) is 6.71. The van der Waals surface area contributed by atoms with E-state index in [1.165, 1.54) is 49.1 Å². The summed E-state index contributed by atoms with van der Waals surface area (Å²) in [5, 5.41) is 0. The number of imidazole rings is 2. The topological polar surface area (TPSA) is 113 Å². The van der Waals surface area contributed by atoms with E-state index < -0.39 is 20.0 Å². The third-order valence-electron chi connectivity index (χ3n) is 4.99. The number of nitrogens with zero attached hydrogens (tertiary/aromatic N) is 4. The molecule has 11 heteroatoms. The van der Waals surface area contributed by atoms with Crippen LogP contribution in [0.4, 0.5) is 0 Å². The summed E-state index contributed by atoms with van der Waals surface area (Å²) in [6.45, 7) is 3.67. The highest BCUT2D eigenvalue weighted by molar-refractivity contribution is 7.90. The van der Waals surface area contributed by atoms with Crippen molar-refractivity contribution in [3.63, 3.8) is 0 Å². The van der Waals surface area contributed by atoms with Gasteiger partial charge in [0.25, 0.3) is 20.0 Å². The van der Waals surface area contributed by atoms with Crippen LogP contribution in [-0.2, 0) is 32.9 Å². The normalized spacial score (nSPS) is 12.1. The summed E-state index contributed by atoms with van der Waals surface area (Å²) in [4.78, 5) is 8.34. The Morgan fingerprint density at radius 1 is 0.667 bits per heavy atom. The molecule has 0 aliphatic heterocycles. The molecule has 0 saturated carbocycles. The van der Waals surface area contributed by atoms with E-state index in [1.54, 1.807) is 24.3 Å². The number of aryl methyl sites for hydroxylation is 2. The predicted molar refractivity (Wildman–Crippen MR) is 121 cm³/mol. The van der Waals surface area contributed by atoms with Crippen molar-refractivity contribution >= 4 is 20.0 Å². The van der Waals surface area contributed by atoms with Gasteiger partial charge in [0, 0.05) is 37.6 Å². The molecular weight excluding hydrogens is 464 g/mol. The number of aromatic nitrogens is 4. The molecule has 0 N–H and O–H groups in total. The molecule has 0 aliphatic carbocycles. The molecule has 172 valence electrons. The largest absolute Gasteiger partial charge is 0.457 e. The first kappa shape index (κ1) is 22.7. The molecular formula is C22H22N4O5S2. The third kappa shape index (κ3) is 4.29. The van der Waals surface area contributed by atoms with Gasteiger partial charge in [-0.25, -0.2) is 34.7 Å². The van der Waals surface area contributed by atoms with Crippen molar-refractivity contribution in [3.8, 4) is 11.5 Å². The van der Waals surface area contributed by atoms with E-state index in [1.807, 2.05) is 13.8 Å². The van der Waals surface area contributed by atoms with Crippen LogP contribution < -0.4 is 4.74 Å². The number of benzene rings is 2. The standard InChI is InChI=1S/C22H22N4O5S2/c1-3-21-23-13-15-25(21)32(27,28)19-9-5-17(6-10-19)31-18-7-11-20(12-8-18)33(29,30)26-16-14-24-22(26)4-2/h5-16H,3-4H2,1-2H3. The molecule has 2 aromatic heterocycles. The number of hydrogen-bond donors (Lipinski definition) is 0. The second-order valence-corrected chi connectivity index (χ2v) is 10.7. The van der Waals surface area contributed by atoms with Crippen LogP contribution in [0.2, 0.25) is 0 Å². The maximum Gasteiger partial charge on any atom is 0.269 e. The van der Waals surface area contributed by atoms with Gasteiger partial charge in [-0.1, -0.05) is 13.8 Å². The van der Waals surface area contributed by atoms with Crippen LogP contribution >= 0.6 is 0 Å². The smallest absolute Gasteiger partial charge is 0.269 e. The molecule has 9 nitrogen and oxygen atoms in total. The third-order valence-corrected chi connectivity index (χ3v) is 8.43. The van der Waals surface area contributed by atoms with Crippen LogP contribution in [0.25, 0.3) is 0 Å². The van der Waals surface area contributed by atoms with E-state index in [0.29, 0.717) is 36.0 Å². The Morgan fingerprint density at radius 3 is 1.36 bits per heavy atom. The molecule has 4 aromatic rings. The fourth-order valence-corrected chi connectivity index (χ4v) is 6.05. The van der Waals surface area contributed by atoms with Crippen LogP contribution in [0.15, 0.2) is 83.1 Å². The van der Waals surface area contributed by atoms with Gasteiger partial charge in [-0.2, -0.15) is 0 Å². The van der Waals surface area contributed by atoms with Gasteiger partial charge in [0.2, 0.25) is 0 Å². The summed E-state index contributed by atoms with van der Waals surface area (Å²) >= 11 is 0. The molecule has 0 saturated heterocycles. The highest BCUT2D eigenvalue weighted by Crippen LogP contribution is 2.26. The Balaban J connectivity index is 1.52. The first-order chi connectivity index (χ1) is 15.8. The highest BCUT2D eigenvalue weighted by Gasteiger charge is 2.21. The van der Waals surface area contributed by atoms with Gasteiger partial charge in [0.15, 0.2) is 0 Å². The minimum atomic E-state index is -3.75. The predicted octanol–water partition coefficient (Wildman–Crippen LogP) is 3.47. The van der Waals surface area contributed by atoms with E-state index >= 15 is 0 Å². The fourth-order valence-electron chi connectivity index (χ4n) is 3.30. The Morgan fingerprint density at radius 2 is 1.03 bits per heavy atom. The van der Waals surface area contributed by atoms with Crippen molar-refractivity contribution in [2.45, 2.75) is 36.5 Å². The van der Waals surface area contributed by atoms with Gasteiger partial charge in [0.1, 0.15) is 23.1 Å². The lowest BCUT2D eigenvalue weighted by Crippen LogP contribution is -2.15. The van der Waals surface area contributed by atoms with Crippen molar-refractivity contribution in [2.24, 2.45) is 0 Å². The van der Waals surface area contributed by atoms with Crippen molar-refractivity contribution in [2.75, 3.05) is 0 Å². The molecule has 0 spiro atoms. The van der Waals surface area contributed by atoms with E-state index in [9.17, 15) is 16.8 Å². The summed E-state index contributed by atoms with van der Waals surface area (Å²) < 4.78 is 59.4. The summed E-state index contributed by atoms with van der Waals surface area (Å²) in [5.41, 5.74) is 0. The van der Waals surface area contributed by atoms with Crippen molar-refractivity contribution in [1.82, 2.24) is 17.9 Å². The Kier molecular flexibility index (Phi) is 6.09. The van der Waals surface area contributed by atoms with Crippen molar-refractivity contribution in [1.29, 1.82) is 0 Å². The first-order valence-corrected chi connectivity index (χ1v) is 13.1. The lowest BCUT2D eigenvalue weighted by molar-refractivity contribution is 0.481.